The lowest BCUT2D eigenvalue weighted by molar-refractivity contribution is -0.145. The van der Waals surface area contributed by atoms with Crippen molar-refractivity contribution >= 4 is 37.9 Å². The molecule has 6 nitrogen and oxygen atoms in total. The van der Waals surface area contributed by atoms with E-state index in [0.717, 1.165) is 11.8 Å². The van der Waals surface area contributed by atoms with Gasteiger partial charge in [-0.1, -0.05) is 37.5 Å². The van der Waals surface area contributed by atoms with Crippen LogP contribution >= 0.6 is 0 Å². The van der Waals surface area contributed by atoms with Gasteiger partial charge >= 0.3 is 5.97 Å². The molecule has 0 atom stereocenters. The van der Waals surface area contributed by atoms with Crippen LogP contribution in [0.4, 0.5) is 0 Å². The van der Waals surface area contributed by atoms with Gasteiger partial charge in [0.2, 0.25) is 10.0 Å². The molecule has 0 aliphatic heterocycles. The first-order chi connectivity index (χ1) is 12.4. The third-order valence-electron chi connectivity index (χ3n) is 5.10. The fourth-order valence-electron chi connectivity index (χ4n) is 3.70. The van der Waals surface area contributed by atoms with Gasteiger partial charge in [-0.05, 0) is 37.1 Å². The molecule has 1 heterocycles. The second-order valence-electron chi connectivity index (χ2n) is 6.81. The highest BCUT2D eigenvalue weighted by atomic mass is 32.2. The van der Waals surface area contributed by atoms with E-state index in [0.29, 0.717) is 42.2 Å². The molecule has 2 N–H and O–H groups in total. The van der Waals surface area contributed by atoms with Gasteiger partial charge in [-0.2, -0.15) is 4.72 Å². The first kappa shape index (κ1) is 17.1. The standard InChI is InChI=1S/C19H19NO5S/c21-18(22)19(10-4-1-5-11-19)20-26(23,24)13-8-9-17-15(12-13)14-6-2-3-7-16(14)25-17/h2-3,6-9,12,20H,1,4-5,10-11H2,(H,21,22). The van der Waals surface area contributed by atoms with Gasteiger partial charge in [0, 0.05) is 10.8 Å². The SMILES string of the molecule is O=C(O)C1(NS(=O)(=O)c2ccc3oc4ccccc4c3c2)CCCCC1. The third-order valence-corrected chi connectivity index (χ3v) is 6.64. The summed E-state index contributed by atoms with van der Waals surface area (Å²) in [6, 6.07) is 12.0. The van der Waals surface area contributed by atoms with Crippen LogP contribution in [0.15, 0.2) is 51.8 Å². The number of benzene rings is 2. The number of nitrogens with one attached hydrogen (secondary N) is 1. The van der Waals surface area contributed by atoms with Crippen molar-refractivity contribution in [2.75, 3.05) is 0 Å². The molecular weight excluding hydrogens is 354 g/mol. The highest BCUT2D eigenvalue weighted by molar-refractivity contribution is 7.89. The van der Waals surface area contributed by atoms with Crippen LogP contribution in [0.25, 0.3) is 21.9 Å². The van der Waals surface area contributed by atoms with Gasteiger partial charge in [0.05, 0.1) is 4.90 Å². The Bertz CT molecular complexity index is 1090. The average Bonchev–Trinajstić information content (AvgIpc) is 3.00. The molecule has 1 saturated carbocycles. The Morgan fingerprint density at radius 3 is 2.42 bits per heavy atom. The summed E-state index contributed by atoms with van der Waals surface area (Å²) in [6.45, 7) is 0. The number of hydrogen-bond donors (Lipinski definition) is 2. The summed E-state index contributed by atoms with van der Waals surface area (Å²) in [5.74, 6) is -1.12. The summed E-state index contributed by atoms with van der Waals surface area (Å²) in [5, 5.41) is 11.2. The molecule has 0 saturated heterocycles. The molecule has 1 fully saturated rings. The molecule has 4 rings (SSSR count). The molecule has 0 radical (unpaired) electrons. The first-order valence-corrected chi connectivity index (χ1v) is 10.1. The summed E-state index contributed by atoms with van der Waals surface area (Å²) < 4.78 is 34.0. The minimum Gasteiger partial charge on any atom is -0.480 e. The normalized spacial score (nSPS) is 17.5. The van der Waals surface area contributed by atoms with Gasteiger partial charge < -0.3 is 9.52 Å². The molecule has 0 amide bonds. The van der Waals surface area contributed by atoms with Gasteiger partial charge in [0.1, 0.15) is 16.7 Å². The lowest BCUT2D eigenvalue weighted by atomic mass is 9.83. The Morgan fingerprint density at radius 2 is 1.69 bits per heavy atom. The minimum atomic E-state index is -3.97. The van der Waals surface area contributed by atoms with E-state index in [1.54, 1.807) is 12.1 Å². The van der Waals surface area contributed by atoms with Crippen molar-refractivity contribution in [3.63, 3.8) is 0 Å². The van der Waals surface area contributed by atoms with Crippen LogP contribution in [-0.2, 0) is 14.8 Å². The molecule has 0 bridgehead atoms. The molecule has 136 valence electrons. The largest absolute Gasteiger partial charge is 0.480 e. The third kappa shape index (κ3) is 2.77. The second-order valence-corrected chi connectivity index (χ2v) is 8.49. The number of rotatable bonds is 4. The molecule has 1 aromatic heterocycles. The van der Waals surface area contributed by atoms with Crippen LogP contribution < -0.4 is 4.72 Å². The number of hydrogen-bond acceptors (Lipinski definition) is 4. The molecule has 1 aliphatic carbocycles. The van der Waals surface area contributed by atoms with Crippen LogP contribution in [0.5, 0.6) is 0 Å². The maximum Gasteiger partial charge on any atom is 0.324 e. The summed E-state index contributed by atoms with van der Waals surface area (Å²) in [4.78, 5) is 11.8. The van der Waals surface area contributed by atoms with Crippen LogP contribution in [0.1, 0.15) is 32.1 Å². The van der Waals surface area contributed by atoms with Crippen molar-refractivity contribution in [1.82, 2.24) is 4.72 Å². The smallest absolute Gasteiger partial charge is 0.324 e. The minimum absolute atomic E-state index is 0.0442. The second kappa shape index (κ2) is 6.10. The van der Waals surface area contributed by atoms with Crippen LogP contribution in [0.2, 0.25) is 0 Å². The predicted octanol–water partition coefficient (Wildman–Crippen LogP) is 3.65. The number of para-hydroxylation sites is 1. The molecule has 1 aliphatic rings. The highest BCUT2D eigenvalue weighted by Gasteiger charge is 2.43. The average molecular weight is 373 g/mol. The number of carboxylic acid groups (broad SMARTS) is 1. The first-order valence-electron chi connectivity index (χ1n) is 8.60. The van der Waals surface area contributed by atoms with Crippen LogP contribution in [0.3, 0.4) is 0 Å². The van der Waals surface area contributed by atoms with Crippen molar-refractivity contribution in [2.45, 2.75) is 42.5 Å². The lowest BCUT2D eigenvalue weighted by Gasteiger charge is -2.33. The van der Waals surface area contributed by atoms with Crippen molar-refractivity contribution in [3.05, 3.63) is 42.5 Å². The Hall–Kier alpha value is -2.38. The van der Waals surface area contributed by atoms with Crippen LogP contribution in [-0.4, -0.2) is 25.0 Å². The topological polar surface area (TPSA) is 96.6 Å². The highest BCUT2D eigenvalue weighted by Crippen LogP contribution is 2.33. The van der Waals surface area contributed by atoms with Gasteiger partial charge in [-0.3, -0.25) is 4.79 Å². The molecular formula is C19H19NO5S. The van der Waals surface area contributed by atoms with Gasteiger partial charge in [0.25, 0.3) is 0 Å². The Morgan fingerprint density at radius 1 is 1.00 bits per heavy atom. The van der Waals surface area contributed by atoms with Crippen molar-refractivity contribution in [3.8, 4) is 0 Å². The maximum atomic E-state index is 12.9. The van der Waals surface area contributed by atoms with E-state index in [-0.39, 0.29) is 4.90 Å². The van der Waals surface area contributed by atoms with Crippen LogP contribution in [0, 0.1) is 0 Å². The Balaban J connectivity index is 1.77. The molecule has 2 aromatic carbocycles. The predicted molar refractivity (Wildman–Crippen MR) is 97.5 cm³/mol. The lowest BCUT2D eigenvalue weighted by Crippen LogP contribution is -2.55. The molecule has 0 unspecified atom stereocenters. The number of fused-ring (bicyclic) bond motifs is 3. The van der Waals surface area contributed by atoms with E-state index < -0.39 is 21.5 Å². The summed E-state index contributed by atoms with van der Waals surface area (Å²) in [5.41, 5.74) is -0.153. The number of aliphatic carboxylic acids is 1. The van der Waals surface area contributed by atoms with Crippen molar-refractivity contribution in [2.24, 2.45) is 0 Å². The molecule has 3 aromatic rings. The maximum absolute atomic E-state index is 12.9. The van der Waals surface area contributed by atoms with Crippen molar-refractivity contribution < 1.29 is 22.7 Å². The summed E-state index contributed by atoms with van der Waals surface area (Å²) >= 11 is 0. The fraction of sp³-hybridized carbons (Fsp3) is 0.316. The molecule has 0 spiro atoms. The van der Waals surface area contributed by atoms with E-state index in [1.165, 1.54) is 6.07 Å². The van der Waals surface area contributed by atoms with E-state index in [1.807, 2.05) is 24.3 Å². The van der Waals surface area contributed by atoms with Gasteiger partial charge in [0.15, 0.2) is 0 Å². The monoisotopic (exact) mass is 373 g/mol. The van der Waals surface area contributed by atoms with E-state index in [4.69, 9.17) is 4.42 Å². The summed E-state index contributed by atoms with van der Waals surface area (Å²) in [6.07, 6.45) is 2.92. The van der Waals surface area contributed by atoms with E-state index in [9.17, 15) is 18.3 Å². The van der Waals surface area contributed by atoms with E-state index >= 15 is 0 Å². The molecule has 7 heteroatoms. The Labute approximate surface area is 150 Å². The van der Waals surface area contributed by atoms with Gasteiger partial charge in [-0.25, -0.2) is 8.42 Å². The summed E-state index contributed by atoms with van der Waals surface area (Å²) in [7, 11) is -3.97. The quantitative estimate of drug-likeness (QED) is 0.728. The zero-order chi connectivity index (χ0) is 18.4. The van der Waals surface area contributed by atoms with Crippen molar-refractivity contribution in [1.29, 1.82) is 0 Å². The molecule has 26 heavy (non-hydrogen) atoms. The number of carboxylic acids is 1. The van der Waals surface area contributed by atoms with E-state index in [2.05, 4.69) is 4.72 Å². The number of sulfonamides is 1. The zero-order valence-electron chi connectivity index (χ0n) is 14.1. The number of carbonyl (C=O) groups is 1. The number of furan rings is 1. The fourth-order valence-corrected chi connectivity index (χ4v) is 5.15. The Kier molecular flexibility index (Phi) is 4.00. The van der Waals surface area contributed by atoms with Gasteiger partial charge in [-0.15, -0.1) is 0 Å². The zero-order valence-corrected chi connectivity index (χ0v) is 14.9.